The van der Waals surface area contributed by atoms with Crippen molar-refractivity contribution in [2.75, 3.05) is 6.54 Å². The molecule has 0 aliphatic heterocycles. The lowest BCUT2D eigenvalue weighted by molar-refractivity contribution is 0.729. The number of fused-ring (bicyclic) bond motifs is 1. The lowest BCUT2D eigenvalue weighted by Gasteiger charge is -2.09. The second-order valence-electron chi connectivity index (χ2n) is 4.15. The standard InChI is InChI=1S/C12H17N3/c1-8-4-5-11-14-10(3)12(9(2)6-13)15(11)7-8/h4-5,7,9H,6,13H2,1-3H3. The highest BCUT2D eigenvalue weighted by Crippen LogP contribution is 2.20. The first-order valence-electron chi connectivity index (χ1n) is 5.28. The molecule has 2 heterocycles. The molecule has 2 N–H and O–H groups in total. The van der Waals surface area contributed by atoms with E-state index in [0.717, 1.165) is 11.3 Å². The van der Waals surface area contributed by atoms with Crippen molar-refractivity contribution in [3.63, 3.8) is 0 Å². The molecular formula is C12H17N3. The Morgan fingerprint density at radius 2 is 2.13 bits per heavy atom. The minimum Gasteiger partial charge on any atom is -0.330 e. The van der Waals surface area contributed by atoms with Crippen LogP contribution in [0.25, 0.3) is 5.65 Å². The van der Waals surface area contributed by atoms with Crippen LogP contribution in [0.4, 0.5) is 0 Å². The molecule has 0 amide bonds. The smallest absolute Gasteiger partial charge is 0.137 e. The number of aromatic nitrogens is 2. The summed E-state index contributed by atoms with van der Waals surface area (Å²) in [5.41, 5.74) is 10.3. The molecule has 0 fully saturated rings. The van der Waals surface area contributed by atoms with Gasteiger partial charge in [-0.25, -0.2) is 4.98 Å². The fourth-order valence-electron chi connectivity index (χ4n) is 1.99. The van der Waals surface area contributed by atoms with Crippen LogP contribution >= 0.6 is 0 Å². The number of nitrogens with two attached hydrogens (primary N) is 1. The van der Waals surface area contributed by atoms with E-state index >= 15 is 0 Å². The molecule has 3 heteroatoms. The summed E-state index contributed by atoms with van der Waals surface area (Å²) in [5.74, 6) is 0.349. The quantitative estimate of drug-likeness (QED) is 0.811. The van der Waals surface area contributed by atoms with E-state index in [0.29, 0.717) is 12.5 Å². The van der Waals surface area contributed by atoms with E-state index in [4.69, 9.17) is 5.73 Å². The molecular weight excluding hydrogens is 186 g/mol. The third-order valence-electron chi connectivity index (χ3n) is 2.81. The SMILES string of the molecule is Cc1ccc2nc(C)c(C(C)CN)n2c1. The fraction of sp³-hybridized carbons (Fsp3) is 0.417. The first kappa shape index (κ1) is 10.2. The maximum Gasteiger partial charge on any atom is 0.137 e. The zero-order valence-corrected chi connectivity index (χ0v) is 9.49. The highest BCUT2D eigenvalue weighted by atomic mass is 15.0. The average Bonchev–Trinajstić information content (AvgIpc) is 2.52. The van der Waals surface area contributed by atoms with Crippen LogP contribution in [0.2, 0.25) is 0 Å². The minimum absolute atomic E-state index is 0.349. The van der Waals surface area contributed by atoms with Gasteiger partial charge in [-0.2, -0.15) is 0 Å². The Hall–Kier alpha value is -1.35. The van der Waals surface area contributed by atoms with Crippen LogP contribution in [0.5, 0.6) is 0 Å². The summed E-state index contributed by atoms with van der Waals surface area (Å²) in [7, 11) is 0. The molecule has 0 saturated carbocycles. The summed E-state index contributed by atoms with van der Waals surface area (Å²) in [6.07, 6.45) is 2.12. The van der Waals surface area contributed by atoms with Gasteiger partial charge in [0.15, 0.2) is 0 Å². The van der Waals surface area contributed by atoms with Gasteiger partial charge in [0.05, 0.1) is 5.69 Å². The van der Waals surface area contributed by atoms with Crippen LogP contribution in [-0.4, -0.2) is 15.9 Å². The van der Waals surface area contributed by atoms with Crippen molar-refractivity contribution in [2.45, 2.75) is 26.7 Å². The number of imidazole rings is 1. The van der Waals surface area contributed by atoms with Crippen molar-refractivity contribution in [1.82, 2.24) is 9.38 Å². The maximum atomic E-state index is 5.72. The van der Waals surface area contributed by atoms with Crippen LogP contribution in [-0.2, 0) is 0 Å². The molecule has 0 aromatic carbocycles. The number of aryl methyl sites for hydroxylation is 2. The van der Waals surface area contributed by atoms with E-state index in [-0.39, 0.29) is 0 Å². The van der Waals surface area contributed by atoms with Gasteiger partial charge >= 0.3 is 0 Å². The second kappa shape index (κ2) is 3.66. The Morgan fingerprint density at radius 1 is 1.40 bits per heavy atom. The van der Waals surface area contributed by atoms with Gasteiger partial charge in [0, 0.05) is 24.4 Å². The summed E-state index contributed by atoms with van der Waals surface area (Å²) in [5, 5.41) is 0. The van der Waals surface area contributed by atoms with Crippen LogP contribution < -0.4 is 5.73 Å². The van der Waals surface area contributed by atoms with Gasteiger partial charge in [-0.1, -0.05) is 13.0 Å². The lowest BCUT2D eigenvalue weighted by Crippen LogP contribution is -2.12. The predicted octanol–water partition coefficient (Wildman–Crippen LogP) is 2.01. The van der Waals surface area contributed by atoms with Gasteiger partial charge in [0.2, 0.25) is 0 Å². The zero-order valence-electron chi connectivity index (χ0n) is 9.49. The molecule has 80 valence electrons. The van der Waals surface area contributed by atoms with Gasteiger partial charge < -0.3 is 10.1 Å². The fourth-order valence-corrected chi connectivity index (χ4v) is 1.99. The van der Waals surface area contributed by atoms with E-state index < -0.39 is 0 Å². The Labute approximate surface area is 89.9 Å². The molecule has 0 radical (unpaired) electrons. The third-order valence-corrected chi connectivity index (χ3v) is 2.81. The van der Waals surface area contributed by atoms with Crippen molar-refractivity contribution in [3.8, 4) is 0 Å². The highest BCUT2D eigenvalue weighted by Gasteiger charge is 2.13. The van der Waals surface area contributed by atoms with Gasteiger partial charge in [-0.3, -0.25) is 0 Å². The van der Waals surface area contributed by atoms with E-state index in [1.165, 1.54) is 11.3 Å². The van der Waals surface area contributed by atoms with Crippen LogP contribution in [0.15, 0.2) is 18.3 Å². The summed E-state index contributed by atoms with van der Waals surface area (Å²) >= 11 is 0. The van der Waals surface area contributed by atoms with Gasteiger partial charge in [-0.05, 0) is 25.5 Å². The molecule has 2 rings (SSSR count). The van der Waals surface area contributed by atoms with Crippen molar-refractivity contribution in [3.05, 3.63) is 35.3 Å². The normalized spacial score (nSPS) is 13.3. The largest absolute Gasteiger partial charge is 0.330 e. The van der Waals surface area contributed by atoms with Gasteiger partial charge in [-0.15, -0.1) is 0 Å². The summed E-state index contributed by atoms with van der Waals surface area (Å²) in [6, 6.07) is 4.13. The predicted molar refractivity (Wildman–Crippen MR) is 62.1 cm³/mol. The Bertz CT molecular complexity index is 485. The molecule has 0 aliphatic rings. The van der Waals surface area contributed by atoms with E-state index in [1.807, 2.05) is 6.92 Å². The Balaban J connectivity index is 2.70. The molecule has 15 heavy (non-hydrogen) atoms. The van der Waals surface area contributed by atoms with Crippen molar-refractivity contribution < 1.29 is 0 Å². The topological polar surface area (TPSA) is 43.3 Å². The third kappa shape index (κ3) is 1.63. The summed E-state index contributed by atoms with van der Waals surface area (Å²) in [6.45, 7) is 6.93. The van der Waals surface area contributed by atoms with Crippen molar-refractivity contribution >= 4 is 5.65 Å². The van der Waals surface area contributed by atoms with Crippen LogP contribution in [0.3, 0.4) is 0 Å². The molecule has 0 saturated heterocycles. The number of hydrogen-bond acceptors (Lipinski definition) is 2. The van der Waals surface area contributed by atoms with E-state index in [2.05, 4.69) is 41.6 Å². The molecule has 1 atom stereocenters. The number of hydrogen-bond donors (Lipinski definition) is 1. The first-order chi connectivity index (χ1) is 7.13. The van der Waals surface area contributed by atoms with Crippen LogP contribution in [0.1, 0.15) is 29.8 Å². The van der Waals surface area contributed by atoms with Gasteiger partial charge in [0.1, 0.15) is 5.65 Å². The molecule has 1 unspecified atom stereocenters. The Kier molecular flexibility index (Phi) is 2.49. The number of pyridine rings is 1. The monoisotopic (exact) mass is 203 g/mol. The van der Waals surface area contributed by atoms with E-state index in [1.54, 1.807) is 0 Å². The lowest BCUT2D eigenvalue weighted by atomic mass is 10.1. The highest BCUT2D eigenvalue weighted by molar-refractivity contribution is 5.45. The molecule has 0 bridgehead atoms. The summed E-state index contributed by atoms with van der Waals surface area (Å²) < 4.78 is 2.15. The minimum atomic E-state index is 0.349. The van der Waals surface area contributed by atoms with Crippen molar-refractivity contribution in [2.24, 2.45) is 5.73 Å². The molecule has 0 spiro atoms. The first-order valence-corrected chi connectivity index (χ1v) is 5.28. The Morgan fingerprint density at radius 3 is 2.80 bits per heavy atom. The number of nitrogens with zero attached hydrogens (tertiary/aromatic N) is 2. The summed E-state index contributed by atoms with van der Waals surface area (Å²) in [4.78, 5) is 4.53. The molecule has 3 nitrogen and oxygen atoms in total. The van der Waals surface area contributed by atoms with Gasteiger partial charge in [0.25, 0.3) is 0 Å². The molecule has 2 aromatic rings. The maximum absolute atomic E-state index is 5.72. The number of rotatable bonds is 2. The molecule has 2 aromatic heterocycles. The average molecular weight is 203 g/mol. The zero-order chi connectivity index (χ0) is 11.0. The molecule has 0 aliphatic carbocycles. The van der Waals surface area contributed by atoms with E-state index in [9.17, 15) is 0 Å². The van der Waals surface area contributed by atoms with Crippen LogP contribution in [0, 0.1) is 13.8 Å². The van der Waals surface area contributed by atoms with Crippen molar-refractivity contribution in [1.29, 1.82) is 0 Å². The second-order valence-corrected chi connectivity index (χ2v) is 4.15.